The second-order valence-electron chi connectivity index (χ2n) is 5.23. The molecule has 0 aliphatic carbocycles. The van der Waals surface area contributed by atoms with E-state index in [1.807, 2.05) is 0 Å². The number of piperazine rings is 1. The summed E-state index contributed by atoms with van der Waals surface area (Å²) in [5.41, 5.74) is 3.65. The van der Waals surface area contributed by atoms with Crippen molar-refractivity contribution in [2.24, 2.45) is 0 Å². The van der Waals surface area contributed by atoms with E-state index >= 15 is 0 Å². The van der Waals surface area contributed by atoms with Crippen LogP contribution < -0.4 is 10.1 Å². The quantitative estimate of drug-likeness (QED) is 0.884. The van der Waals surface area contributed by atoms with Gasteiger partial charge in [0.2, 0.25) is 0 Å². The Morgan fingerprint density at radius 3 is 2.74 bits per heavy atom. The van der Waals surface area contributed by atoms with Gasteiger partial charge >= 0.3 is 0 Å². The number of nitrogens with one attached hydrogen (secondary N) is 2. The number of benzene rings is 1. The Morgan fingerprint density at radius 1 is 1.21 bits per heavy atom. The molecule has 1 fully saturated rings. The number of hydrogen-bond donors (Lipinski definition) is 2. The maximum atomic E-state index is 5.55. The van der Waals surface area contributed by atoms with Gasteiger partial charge in [-0.25, -0.2) is 0 Å². The fourth-order valence-electron chi connectivity index (χ4n) is 2.77. The first-order chi connectivity index (χ1) is 9.26. The number of hydrogen-bond acceptors (Lipinski definition) is 3. The molecule has 3 rings (SSSR count). The minimum Gasteiger partial charge on any atom is -0.496 e. The molecule has 0 radical (unpaired) electrons. The van der Waals surface area contributed by atoms with Crippen LogP contribution in [0.3, 0.4) is 0 Å². The van der Waals surface area contributed by atoms with Crippen molar-refractivity contribution in [2.75, 3.05) is 33.3 Å². The van der Waals surface area contributed by atoms with Gasteiger partial charge in [-0.3, -0.25) is 4.90 Å². The molecule has 1 aromatic carbocycles. The van der Waals surface area contributed by atoms with E-state index in [-0.39, 0.29) is 0 Å². The van der Waals surface area contributed by atoms with Crippen molar-refractivity contribution < 1.29 is 4.74 Å². The van der Waals surface area contributed by atoms with Gasteiger partial charge in [-0.05, 0) is 25.1 Å². The first-order valence-corrected chi connectivity index (χ1v) is 6.85. The smallest absolute Gasteiger partial charge is 0.124 e. The first-order valence-electron chi connectivity index (χ1n) is 6.85. The van der Waals surface area contributed by atoms with E-state index in [0.29, 0.717) is 0 Å². The van der Waals surface area contributed by atoms with E-state index < -0.39 is 0 Å². The van der Waals surface area contributed by atoms with Gasteiger partial charge in [-0.2, -0.15) is 0 Å². The van der Waals surface area contributed by atoms with E-state index in [1.54, 1.807) is 7.11 Å². The Hall–Kier alpha value is -1.52. The van der Waals surface area contributed by atoms with Crippen molar-refractivity contribution in [1.29, 1.82) is 0 Å². The van der Waals surface area contributed by atoms with E-state index in [4.69, 9.17) is 4.74 Å². The summed E-state index contributed by atoms with van der Waals surface area (Å²) in [5.74, 6) is 0.991. The van der Waals surface area contributed by atoms with E-state index in [9.17, 15) is 0 Å². The molecule has 0 bridgehead atoms. The predicted octanol–water partition coefficient (Wildman–Crippen LogP) is 1.89. The maximum absolute atomic E-state index is 5.55. The number of aryl methyl sites for hydroxylation is 1. The highest BCUT2D eigenvalue weighted by molar-refractivity contribution is 5.83. The molecule has 0 spiro atoms. The predicted molar refractivity (Wildman–Crippen MR) is 77.7 cm³/mol. The van der Waals surface area contributed by atoms with Gasteiger partial charge in [0.15, 0.2) is 0 Å². The van der Waals surface area contributed by atoms with Crippen molar-refractivity contribution >= 4 is 10.9 Å². The molecular formula is C15H21N3O. The first kappa shape index (κ1) is 12.5. The lowest BCUT2D eigenvalue weighted by Gasteiger charge is -2.27. The lowest BCUT2D eigenvalue weighted by Crippen LogP contribution is -2.42. The molecule has 0 atom stereocenters. The summed E-state index contributed by atoms with van der Waals surface area (Å²) in [5, 5.41) is 4.60. The fraction of sp³-hybridized carbons (Fsp3) is 0.467. The number of rotatable bonds is 3. The summed E-state index contributed by atoms with van der Waals surface area (Å²) in [6.07, 6.45) is 0. The van der Waals surface area contributed by atoms with Gasteiger partial charge < -0.3 is 15.0 Å². The number of methoxy groups -OCH3 is 1. The molecule has 4 heteroatoms. The molecule has 4 nitrogen and oxygen atoms in total. The Bertz CT molecular complexity index is 570. The zero-order valence-corrected chi connectivity index (χ0v) is 11.6. The Morgan fingerprint density at radius 2 is 2.00 bits per heavy atom. The van der Waals surface area contributed by atoms with E-state index in [0.717, 1.165) is 38.5 Å². The average Bonchev–Trinajstić information content (AvgIpc) is 2.78. The van der Waals surface area contributed by atoms with Gasteiger partial charge in [0.05, 0.1) is 7.11 Å². The second kappa shape index (κ2) is 5.23. The molecule has 1 aliphatic rings. The van der Waals surface area contributed by atoms with Crippen LogP contribution in [0.1, 0.15) is 11.3 Å². The zero-order chi connectivity index (χ0) is 13.2. The van der Waals surface area contributed by atoms with E-state index in [2.05, 4.69) is 40.3 Å². The summed E-state index contributed by atoms with van der Waals surface area (Å²) < 4.78 is 5.55. The van der Waals surface area contributed by atoms with Gasteiger partial charge in [0.25, 0.3) is 0 Å². The zero-order valence-electron chi connectivity index (χ0n) is 11.6. The molecule has 19 heavy (non-hydrogen) atoms. The molecule has 1 aliphatic heterocycles. The largest absolute Gasteiger partial charge is 0.496 e. The van der Waals surface area contributed by atoms with Crippen LogP contribution in [0.2, 0.25) is 0 Å². The third-order valence-electron chi connectivity index (χ3n) is 3.76. The van der Waals surface area contributed by atoms with Gasteiger partial charge in [0, 0.05) is 54.9 Å². The summed E-state index contributed by atoms with van der Waals surface area (Å²) in [7, 11) is 1.75. The normalized spacial score (nSPS) is 16.9. The fourth-order valence-corrected chi connectivity index (χ4v) is 2.77. The molecule has 0 amide bonds. The van der Waals surface area contributed by atoms with Crippen molar-refractivity contribution in [3.8, 4) is 5.75 Å². The minimum atomic E-state index is 0.957. The highest BCUT2D eigenvalue weighted by Gasteiger charge is 2.14. The minimum absolute atomic E-state index is 0.957. The summed E-state index contributed by atoms with van der Waals surface area (Å²) in [6.45, 7) is 7.40. The van der Waals surface area contributed by atoms with Crippen molar-refractivity contribution in [3.63, 3.8) is 0 Å². The molecule has 1 saturated heterocycles. The Balaban J connectivity index is 1.91. The van der Waals surface area contributed by atoms with E-state index in [1.165, 1.54) is 22.2 Å². The summed E-state index contributed by atoms with van der Waals surface area (Å²) >= 11 is 0. The average molecular weight is 259 g/mol. The highest BCUT2D eigenvalue weighted by Crippen LogP contribution is 2.27. The summed E-state index contributed by atoms with van der Waals surface area (Å²) in [4.78, 5) is 5.87. The standard InChI is InChI=1S/C15H21N3O/c1-11-7-12-9-15(19-2)13(8-14(12)17-11)10-18-5-3-16-4-6-18/h7-9,16-17H,3-6,10H2,1-2H3. The molecule has 2 N–H and O–H groups in total. The van der Waals surface area contributed by atoms with Crippen LogP contribution >= 0.6 is 0 Å². The Labute approximate surface area is 113 Å². The van der Waals surface area contributed by atoms with Crippen molar-refractivity contribution in [3.05, 3.63) is 29.5 Å². The topological polar surface area (TPSA) is 40.3 Å². The molecule has 102 valence electrons. The maximum Gasteiger partial charge on any atom is 0.124 e. The molecule has 0 unspecified atom stereocenters. The van der Waals surface area contributed by atoms with Crippen LogP contribution in [0.15, 0.2) is 18.2 Å². The number of aromatic nitrogens is 1. The molecule has 1 aromatic heterocycles. The third-order valence-corrected chi connectivity index (χ3v) is 3.76. The highest BCUT2D eigenvalue weighted by atomic mass is 16.5. The third kappa shape index (κ3) is 2.60. The lowest BCUT2D eigenvalue weighted by atomic mass is 10.1. The van der Waals surface area contributed by atoms with Crippen LogP contribution in [0, 0.1) is 6.92 Å². The summed E-state index contributed by atoms with van der Waals surface area (Å²) in [6, 6.07) is 6.52. The molecule has 2 heterocycles. The second-order valence-corrected chi connectivity index (χ2v) is 5.23. The van der Waals surface area contributed by atoms with Crippen LogP contribution in [-0.2, 0) is 6.54 Å². The number of H-pyrrole nitrogens is 1. The monoisotopic (exact) mass is 259 g/mol. The van der Waals surface area contributed by atoms with Gasteiger partial charge in [-0.1, -0.05) is 0 Å². The van der Waals surface area contributed by atoms with Crippen molar-refractivity contribution in [1.82, 2.24) is 15.2 Å². The molecule has 0 saturated carbocycles. The van der Waals surface area contributed by atoms with Crippen molar-refractivity contribution in [2.45, 2.75) is 13.5 Å². The Kier molecular flexibility index (Phi) is 3.44. The van der Waals surface area contributed by atoms with Gasteiger partial charge in [-0.15, -0.1) is 0 Å². The number of aromatic amines is 1. The SMILES string of the molecule is COc1cc2cc(C)[nH]c2cc1CN1CCNCC1. The molecule has 2 aromatic rings. The number of fused-ring (bicyclic) bond motifs is 1. The van der Waals surface area contributed by atoms with Crippen LogP contribution in [0.5, 0.6) is 5.75 Å². The van der Waals surface area contributed by atoms with Gasteiger partial charge in [0.1, 0.15) is 5.75 Å². The molecular weight excluding hydrogens is 238 g/mol. The van der Waals surface area contributed by atoms with Crippen LogP contribution in [-0.4, -0.2) is 43.2 Å². The number of ether oxygens (including phenoxy) is 1. The number of nitrogens with zero attached hydrogens (tertiary/aromatic N) is 1. The lowest BCUT2D eigenvalue weighted by molar-refractivity contribution is 0.230. The van der Waals surface area contributed by atoms with Crippen LogP contribution in [0.4, 0.5) is 0 Å². The van der Waals surface area contributed by atoms with Crippen LogP contribution in [0.25, 0.3) is 10.9 Å².